The predicted octanol–water partition coefficient (Wildman–Crippen LogP) is 1.32. The van der Waals surface area contributed by atoms with E-state index in [0.717, 1.165) is 14.8 Å². The van der Waals surface area contributed by atoms with Gasteiger partial charge in [-0.05, 0) is 53.3 Å². The van der Waals surface area contributed by atoms with E-state index < -0.39 is 0 Å². The van der Waals surface area contributed by atoms with E-state index in [1.807, 2.05) is 25.1 Å². The molecule has 100 valence electrons. The fourth-order valence-electron chi connectivity index (χ4n) is 1.59. The van der Waals surface area contributed by atoms with Crippen molar-refractivity contribution < 1.29 is 9.90 Å². The van der Waals surface area contributed by atoms with Crippen LogP contribution in [-0.4, -0.2) is 26.0 Å². The van der Waals surface area contributed by atoms with E-state index in [4.69, 9.17) is 5.11 Å². The molecule has 0 bridgehead atoms. The number of halogens is 1. The summed E-state index contributed by atoms with van der Waals surface area (Å²) in [6.07, 6.45) is 1.54. The highest BCUT2D eigenvalue weighted by Crippen LogP contribution is 2.17. The lowest BCUT2D eigenvalue weighted by Gasteiger charge is -2.08. The topological polar surface area (TPSA) is 80.0 Å². The van der Waals surface area contributed by atoms with Gasteiger partial charge in [0.15, 0.2) is 0 Å². The normalized spacial score (nSPS) is 10.5. The first-order chi connectivity index (χ1) is 9.08. The number of hydrogen-bond acceptors (Lipinski definition) is 4. The van der Waals surface area contributed by atoms with Gasteiger partial charge in [-0.15, -0.1) is 5.10 Å². The SMILES string of the molecule is Cc1cc(I)ccc1NC(=O)Cn1cc(CO)nn1. The second-order valence-electron chi connectivity index (χ2n) is 4.07. The molecular weight excluding hydrogens is 359 g/mol. The molecule has 0 aliphatic rings. The number of aryl methyl sites for hydroxylation is 1. The summed E-state index contributed by atoms with van der Waals surface area (Å²) < 4.78 is 2.51. The first-order valence-corrected chi connectivity index (χ1v) is 6.72. The van der Waals surface area contributed by atoms with Crippen molar-refractivity contribution in [3.63, 3.8) is 0 Å². The molecule has 0 spiro atoms. The molecule has 0 radical (unpaired) electrons. The van der Waals surface area contributed by atoms with Gasteiger partial charge in [-0.3, -0.25) is 4.79 Å². The maximum atomic E-state index is 11.9. The molecule has 0 atom stereocenters. The average molecular weight is 372 g/mol. The summed E-state index contributed by atoms with van der Waals surface area (Å²) in [6.45, 7) is 1.83. The first-order valence-electron chi connectivity index (χ1n) is 5.64. The van der Waals surface area contributed by atoms with Gasteiger partial charge in [0.2, 0.25) is 5.91 Å². The lowest BCUT2D eigenvalue weighted by atomic mass is 10.2. The van der Waals surface area contributed by atoms with Crippen molar-refractivity contribution >= 4 is 34.2 Å². The second-order valence-corrected chi connectivity index (χ2v) is 5.32. The Kier molecular flexibility index (Phi) is 4.48. The van der Waals surface area contributed by atoms with Gasteiger partial charge >= 0.3 is 0 Å². The van der Waals surface area contributed by atoms with Crippen LogP contribution in [0.5, 0.6) is 0 Å². The summed E-state index contributed by atoms with van der Waals surface area (Å²) in [5, 5.41) is 19.1. The minimum atomic E-state index is -0.183. The number of carbonyl (C=O) groups is 1. The fourth-order valence-corrected chi connectivity index (χ4v) is 2.24. The molecule has 2 N–H and O–H groups in total. The van der Waals surface area contributed by atoms with E-state index in [2.05, 4.69) is 38.2 Å². The van der Waals surface area contributed by atoms with Gasteiger partial charge in [-0.25, -0.2) is 4.68 Å². The summed E-state index contributed by atoms with van der Waals surface area (Å²) in [4.78, 5) is 11.9. The monoisotopic (exact) mass is 372 g/mol. The smallest absolute Gasteiger partial charge is 0.246 e. The number of aromatic nitrogens is 3. The number of nitrogens with zero attached hydrogens (tertiary/aromatic N) is 3. The standard InChI is InChI=1S/C12H13IN4O2/c1-8-4-9(13)2-3-11(8)14-12(19)6-17-5-10(7-18)15-16-17/h2-5,18H,6-7H2,1H3,(H,14,19). The highest BCUT2D eigenvalue weighted by Gasteiger charge is 2.07. The van der Waals surface area contributed by atoms with Gasteiger partial charge in [0.05, 0.1) is 12.8 Å². The van der Waals surface area contributed by atoms with Gasteiger partial charge in [-0.1, -0.05) is 5.21 Å². The molecular formula is C12H13IN4O2. The van der Waals surface area contributed by atoms with Crippen LogP contribution in [0.2, 0.25) is 0 Å². The molecule has 7 heteroatoms. The van der Waals surface area contributed by atoms with Crippen LogP contribution in [0.3, 0.4) is 0 Å². The van der Waals surface area contributed by atoms with Crippen LogP contribution in [0.1, 0.15) is 11.3 Å². The third kappa shape index (κ3) is 3.74. The van der Waals surface area contributed by atoms with Gasteiger partial charge in [0.1, 0.15) is 12.2 Å². The van der Waals surface area contributed by atoms with E-state index >= 15 is 0 Å². The van der Waals surface area contributed by atoms with Crippen LogP contribution in [0, 0.1) is 10.5 Å². The Balaban J connectivity index is 2.01. The number of amides is 1. The molecule has 0 unspecified atom stereocenters. The van der Waals surface area contributed by atoms with E-state index in [1.54, 1.807) is 6.20 Å². The summed E-state index contributed by atoms with van der Waals surface area (Å²) in [6, 6.07) is 5.80. The zero-order chi connectivity index (χ0) is 13.8. The van der Waals surface area contributed by atoms with Crippen LogP contribution in [0.15, 0.2) is 24.4 Å². The molecule has 0 saturated carbocycles. The highest BCUT2D eigenvalue weighted by molar-refractivity contribution is 14.1. The molecule has 6 nitrogen and oxygen atoms in total. The molecule has 19 heavy (non-hydrogen) atoms. The average Bonchev–Trinajstić information content (AvgIpc) is 2.80. The minimum Gasteiger partial charge on any atom is -0.390 e. The third-order valence-corrected chi connectivity index (χ3v) is 3.19. The fraction of sp³-hybridized carbons (Fsp3) is 0.250. The van der Waals surface area contributed by atoms with Crippen LogP contribution in [0.25, 0.3) is 0 Å². The molecule has 2 aromatic rings. The number of nitrogens with one attached hydrogen (secondary N) is 1. The number of rotatable bonds is 4. The Morgan fingerprint density at radius 1 is 1.53 bits per heavy atom. The molecule has 0 aliphatic heterocycles. The van der Waals surface area contributed by atoms with E-state index in [1.165, 1.54) is 4.68 Å². The van der Waals surface area contributed by atoms with E-state index in [9.17, 15) is 4.79 Å². The van der Waals surface area contributed by atoms with Crippen LogP contribution in [0.4, 0.5) is 5.69 Å². The summed E-state index contributed by atoms with van der Waals surface area (Å²) in [5.74, 6) is -0.182. The second kappa shape index (κ2) is 6.11. The van der Waals surface area contributed by atoms with Crippen LogP contribution >= 0.6 is 22.6 Å². The molecule has 0 fully saturated rings. The molecule has 2 rings (SSSR count). The van der Waals surface area contributed by atoms with Crippen molar-refractivity contribution in [2.45, 2.75) is 20.1 Å². The van der Waals surface area contributed by atoms with E-state index in [-0.39, 0.29) is 19.1 Å². The Hall–Kier alpha value is -1.48. The molecule has 0 saturated heterocycles. The summed E-state index contributed by atoms with van der Waals surface area (Å²) in [5.41, 5.74) is 2.24. The van der Waals surface area contributed by atoms with Crippen LogP contribution < -0.4 is 5.32 Å². The van der Waals surface area contributed by atoms with Gasteiger partial charge in [0.25, 0.3) is 0 Å². The lowest BCUT2D eigenvalue weighted by molar-refractivity contribution is -0.116. The van der Waals surface area contributed by atoms with Crippen molar-refractivity contribution in [3.05, 3.63) is 39.2 Å². The van der Waals surface area contributed by atoms with Crippen molar-refractivity contribution in [2.75, 3.05) is 5.32 Å². The number of aliphatic hydroxyl groups is 1. The molecule has 1 aromatic heterocycles. The maximum absolute atomic E-state index is 11.9. The maximum Gasteiger partial charge on any atom is 0.246 e. The third-order valence-electron chi connectivity index (χ3n) is 2.52. The van der Waals surface area contributed by atoms with Gasteiger partial charge in [-0.2, -0.15) is 0 Å². The molecule has 1 heterocycles. The Labute approximate surface area is 124 Å². The highest BCUT2D eigenvalue weighted by atomic mass is 127. The molecule has 0 aliphatic carbocycles. The molecule has 1 amide bonds. The van der Waals surface area contributed by atoms with Crippen molar-refractivity contribution in [1.82, 2.24) is 15.0 Å². The largest absolute Gasteiger partial charge is 0.390 e. The van der Waals surface area contributed by atoms with Crippen molar-refractivity contribution in [2.24, 2.45) is 0 Å². The Morgan fingerprint density at radius 2 is 2.32 bits per heavy atom. The Morgan fingerprint density at radius 3 is 2.95 bits per heavy atom. The first kappa shape index (κ1) is 13.9. The minimum absolute atomic E-state index is 0.0679. The summed E-state index contributed by atoms with van der Waals surface area (Å²) >= 11 is 2.22. The Bertz CT molecular complexity index is 597. The number of benzene rings is 1. The summed E-state index contributed by atoms with van der Waals surface area (Å²) in [7, 11) is 0. The van der Waals surface area contributed by atoms with E-state index in [0.29, 0.717) is 5.69 Å². The molecule has 1 aromatic carbocycles. The number of carbonyl (C=O) groups excluding carboxylic acids is 1. The zero-order valence-electron chi connectivity index (χ0n) is 10.3. The number of hydrogen-bond donors (Lipinski definition) is 2. The van der Waals surface area contributed by atoms with Crippen LogP contribution in [-0.2, 0) is 17.9 Å². The number of aliphatic hydroxyl groups excluding tert-OH is 1. The van der Waals surface area contributed by atoms with Crippen molar-refractivity contribution in [3.8, 4) is 0 Å². The van der Waals surface area contributed by atoms with Gasteiger partial charge in [0, 0.05) is 9.26 Å². The van der Waals surface area contributed by atoms with Gasteiger partial charge < -0.3 is 10.4 Å². The zero-order valence-corrected chi connectivity index (χ0v) is 12.5. The quantitative estimate of drug-likeness (QED) is 0.794. The number of anilines is 1. The van der Waals surface area contributed by atoms with Crippen molar-refractivity contribution in [1.29, 1.82) is 0 Å². The predicted molar refractivity (Wildman–Crippen MR) is 78.5 cm³/mol. The lowest BCUT2D eigenvalue weighted by Crippen LogP contribution is -2.19.